The molecule has 1 aromatic carbocycles. The maximum absolute atomic E-state index is 5.60. The number of nitrogens with zero attached hydrogens (tertiary/aromatic N) is 1. The molecule has 3 aromatic heterocycles. The standard InChI is InChI=1S/C23H24N2O2S2/c1-12-9-17(14(3)28-12)21-22(18-10-13(2)29-15(18)4)25-23(24-21)19-11-16(26-5)7-8-20(19)27-6/h7-11H,1-6H3,(H,24,25). The van der Waals surface area contributed by atoms with E-state index in [0.29, 0.717) is 0 Å². The second-order valence-electron chi connectivity index (χ2n) is 7.03. The normalized spacial score (nSPS) is 11.1. The van der Waals surface area contributed by atoms with Gasteiger partial charge in [0.1, 0.15) is 17.3 Å². The number of aromatic amines is 1. The van der Waals surface area contributed by atoms with E-state index >= 15 is 0 Å². The summed E-state index contributed by atoms with van der Waals surface area (Å²) in [5, 5.41) is 0. The van der Waals surface area contributed by atoms with Crippen molar-refractivity contribution in [2.45, 2.75) is 27.7 Å². The molecule has 29 heavy (non-hydrogen) atoms. The smallest absolute Gasteiger partial charge is 0.142 e. The Hall–Kier alpha value is -2.57. The molecule has 0 aliphatic carbocycles. The van der Waals surface area contributed by atoms with Gasteiger partial charge >= 0.3 is 0 Å². The highest BCUT2D eigenvalue weighted by Gasteiger charge is 2.22. The predicted molar refractivity (Wildman–Crippen MR) is 123 cm³/mol. The molecule has 4 nitrogen and oxygen atoms in total. The molecule has 0 spiro atoms. The Balaban J connectivity index is 1.98. The van der Waals surface area contributed by atoms with Gasteiger partial charge in [-0.25, -0.2) is 4.98 Å². The molecule has 1 N–H and O–H groups in total. The van der Waals surface area contributed by atoms with Crippen LogP contribution >= 0.6 is 22.7 Å². The van der Waals surface area contributed by atoms with Crippen molar-refractivity contribution in [3.05, 3.63) is 49.8 Å². The van der Waals surface area contributed by atoms with Crippen LogP contribution in [-0.2, 0) is 0 Å². The molecule has 0 aliphatic rings. The maximum Gasteiger partial charge on any atom is 0.142 e. The molecule has 0 saturated carbocycles. The fourth-order valence-corrected chi connectivity index (χ4v) is 5.49. The first-order valence-electron chi connectivity index (χ1n) is 9.38. The number of H-pyrrole nitrogens is 1. The monoisotopic (exact) mass is 424 g/mol. The van der Waals surface area contributed by atoms with Gasteiger partial charge < -0.3 is 14.5 Å². The van der Waals surface area contributed by atoms with Gasteiger partial charge in [-0.3, -0.25) is 0 Å². The first-order chi connectivity index (χ1) is 13.9. The predicted octanol–water partition coefficient (Wildman–Crippen LogP) is 6.78. The number of aromatic nitrogens is 2. The van der Waals surface area contributed by atoms with E-state index in [4.69, 9.17) is 14.5 Å². The third-order valence-electron chi connectivity index (χ3n) is 4.97. The molecule has 0 saturated heterocycles. The SMILES string of the molecule is COc1ccc(OC)c(-c2nc(-c3cc(C)sc3C)c(-c3cc(C)sc3C)[nH]2)c1. The number of imidazole rings is 1. The number of aryl methyl sites for hydroxylation is 4. The molecular formula is C23H24N2O2S2. The van der Waals surface area contributed by atoms with Gasteiger partial charge in [-0.05, 0) is 58.0 Å². The van der Waals surface area contributed by atoms with Crippen molar-refractivity contribution in [3.63, 3.8) is 0 Å². The van der Waals surface area contributed by atoms with Crippen LogP contribution in [0.15, 0.2) is 30.3 Å². The van der Waals surface area contributed by atoms with Crippen LogP contribution < -0.4 is 9.47 Å². The molecule has 3 heterocycles. The summed E-state index contributed by atoms with van der Waals surface area (Å²) in [7, 11) is 3.34. The second-order valence-corrected chi connectivity index (χ2v) is 9.95. The summed E-state index contributed by atoms with van der Waals surface area (Å²) >= 11 is 3.61. The van der Waals surface area contributed by atoms with Gasteiger partial charge in [-0.15, -0.1) is 22.7 Å². The lowest BCUT2D eigenvalue weighted by molar-refractivity contribution is 0.404. The molecule has 0 amide bonds. The van der Waals surface area contributed by atoms with Crippen LogP contribution in [0.2, 0.25) is 0 Å². The molecule has 4 aromatic rings. The van der Waals surface area contributed by atoms with Crippen molar-refractivity contribution in [1.82, 2.24) is 9.97 Å². The number of methoxy groups -OCH3 is 2. The average Bonchev–Trinajstić information content (AvgIpc) is 3.37. The van der Waals surface area contributed by atoms with Crippen LogP contribution in [0.4, 0.5) is 0 Å². The van der Waals surface area contributed by atoms with Crippen LogP contribution in [0.1, 0.15) is 19.5 Å². The summed E-state index contributed by atoms with van der Waals surface area (Å²) < 4.78 is 11.0. The summed E-state index contributed by atoms with van der Waals surface area (Å²) in [6.45, 7) is 8.60. The topological polar surface area (TPSA) is 47.1 Å². The van der Waals surface area contributed by atoms with Crippen LogP contribution in [0.3, 0.4) is 0 Å². The van der Waals surface area contributed by atoms with Gasteiger partial charge in [0.25, 0.3) is 0 Å². The van der Waals surface area contributed by atoms with E-state index in [1.165, 1.54) is 30.6 Å². The number of ether oxygens (including phenoxy) is 2. The van der Waals surface area contributed by atoms with Gasteiger partial charge in [0.05, 0.1) is 31.2 Å². The second kappa shape index (κ2) is 7.69. The Morgan fingerprint density at radius 1 is 0.793 bits per heavy atom. The third-order valence-corrected chi connectivity index (χ3v) is 6.90. The van der Waals surface area contributed by atoms with Gasteiger partial charge in [-0.1, -0.05) is 0 Å². The van der Waals surface area contributed by atoms with Crippen molar-refractivity contribution in [2.24, 2.45) is 0 Å². The van der Waals surface area contributed by atoms with Crippen LogP contribution in [0, 0.1) is 27.7 Å². The van der Waals surface area contributed by atoms with E-state index in [0.717, 1.165) is 34.3 Å². The van der Waals surface area contributed by atoms with Crippen LogP contribution in [0.5, 0.6) is 11.5 Å². The Kier molecular flexibility index (Phi) is 5.23. The highest BCUT2D eigenvalue weighted by molar-refractivity contribution is 7.12. The van der Waals surface area contributed by atoms with E-state index < -0.39 is 0 Å². The summed E-state index contributed by atoms with van der Waals surface area (Å²) in [5.41, 5.74) is 5.29. The van der Waals surface area contributed by atoms with Crippen molar-refractivity contribution in [1.29, 1.82) is 0 Å². The van der Waals surface area contributed by atoms with Gasteiger partial charge in [0, 0.05) is 30.6 Å². The van der Waals surface area contributed by atoms with Gasteiger partial charge in [0.2, 0.25) is 0 Å². The Labute approximate surface area is 179 Å². The molecule has 150 valence electrons. The van der Waals surface area contributed by atoms with Crippen molar-refractivity contribution in [3.8, 4) is 45.4 Å². The Morgan fingerprint density at radius 3 is 2.00 bits per heavy atom. The zero-order valence-corrected chi connectivity index (χ0v) is 19.1. The third kappa shape index (κ3) is 3.58. The van der Waals surface area contributed by atoms with E-state index in [1.54, 1.807) is 36.9 Å². The fourth-order valence-electron chi connectivity index (χ4n) is 3.63. The number of benzene rings is 1. The minimum atomic E-state index is 0.758. The molecule has 0 bridgehead atoms. The van der Waals surface area contributed by atoms with Crippen molar-refractivity contribution in [2.75, 3.05) is 14.2 Å². The highest BCUT2D eigenvalue weighted by atomic mass is 32.1. The van der Waals surface area contributed by atoms with E-state index in [1.807, 2.05) is 18.2 Å². The lowest BCUT2D eigenvalue weighted by atomic mass is 10.1. The summed E-state index contributed by atoms with van der Waals surface area (Å²) in [6.07, 6.45) is 0. The van der Waals surface area contributed by atoms with E-state index in [-0.39, 0.29) is 0 Å². The van der Waals surface area contributed by atoms with E-state index in [2.05, 4.69) is 44.8 Å². The van der Waals surface area contributed by atoms with Crippen LogP contribution in [-0.4, -0.2) is 24.2 Å². The van der Waals surface area contributed by atoms with Gasteiger partial charge in [-0.2, -0.15) is 0 Å². The molecule has 0 aliphatic heterocycles. The maximum atomic E-state index is 5.60. The van der Waals surface area contributed by atoms with Crippen molar-refractivity contribution < 1.29 is 9.47 Å². The van der Waals surface area contributed by atoms with Gasteiger partial charge in [0.15, 0.2) is 0 Å². The van der Waals surface area contributed by atoms with E-state index in [9.17, 15) is 0 Å². The molecule has 0 unspecified atom stereocenters. The Bertz CT molecular complexity index is 1120. The Morgan fingerprint density at radius 2 is 1.45 bits per heavy atom. The number of hydrogen-bond donors (Lipinski definition) is 1. The molecule has 6 heteroatoms. The zero-order chi connectivity index (χ0) is 20.7. The average molecular weight is 425 g/mol. The molecular weight excluding hydrogens is 400 g/mol. The lowest BCUT2D eigenvalue weighted by Gasteiger charge is -2.08. The summed E-state index contributed by atoms with van der Waals surface area (Å²) in [4.78, 5) is 13.8. The van der Waals surface area contributed by atoms with Crippen LogP contribution in [0.25, 0.3) is 33.9 Å². The molecule has 0 fully saturated rings. The minimum Gasteiger partial charge on any atom is -0.497 e. The number of nitrogens with one attached hydrogen (secondary N) is 1. The largest absolute Gasteiger partial charge is 0.497 e. The fraction of sp³-hybridized carbons (Fsp3) is 0.261. The number of hydrogen-bond acceptors (Lipinski definition) is 5. The number of thiophene rings is 2. The minimum absolute atomic E-state index is 0.758. The molecule has 4 rings (SSSR count). The number of rotatable bonds is 5. The summed E-state index contributed by atoms with van der Waals surface area (Å²) in [5.74, 6) is 2.30. The quantitative estimate of drug-likeness (QED) is 0.384. The first-order valence-corrected chi connectivity index (χ1v) is 11.0. The first kappa shape index (κ1) is 19.7. The summed E-state index contributed by atoms with van der Waals surface area (Å²) in [6, 6.07) is 10.2. The lowest BCUT2D eigenvalue weighted by Crippen LogP contribution is -1.91. The van der Waals surface area contributed by atoms with Crippen molar-refractivity contribution >= 4 is 22.7 Å². The molecule has 0 radical (unpaired) electrons. The zero-order valence-electron chi connectivity index (χ0n) is 17.5. The highest BCUT2D eigenvalue weighted by Crippen LogP contribution is 2.42. The molecule has 0 atom stereocenters.